The van der Waals surface area contributed by atoms with Crippen molar-refractivity contribution in [2.24, 2.45) is 5.92 Å². The Morgan fingerprint density at radius 3 is 1.75 bits per heavy atom. The van der Waals surface area contributed by atoms with Gasteiger partial charge in [-0.05, 0) is 42.7 Å². The van der Waals surface area contributed by atoms with Gasteiger partial charge in [0, 0.05) is 37.1 Å². The van der Waals surface area contributed by atoms with Crippen LogP contribution in [0.15, 0.2) is 30.3 Å². The Hall–Kier alpha value is -3.78. The van der Waals surface area contributed by atoms with E-state index in [0.29, 0.717) is 31.4 Å². The van der Waals surface area contributed by atoms with Gasteiger partial charge in [-0.1, -0.05) is 181 Å². The normalized spacial score (nSPS) is 13.6. The van der Waals surface area contributed by atoms with Crippen LogP contribution in [0.1, 0.15) is 200 Å². The first-order valence-electron chi connectivity index (χ1n) is 26.4. The minimum absolute atomic E-state index is 0.0524. The predicted octanol–water partition coefficient (Wildman–Crippen LogP) is 10.4. The lowest BCUT2D eigenvalue weighted by atomic mass is 9.98. The number of fused-ring (bicyclic) bond motifs is 1. The van der Waals surface area contributed by atoms with Gasteiger partial charge in [-0.15, -0.1) is 0 Å². The van der Waals surface area contributed by atoms with Crippen molar-refractivity contribution in [3.05, 3.63) is 36.0 Å². The second-order valence-electron chi connectivity index (χ2n) is 18.4. The highest BCUT2D eigenvalue weighted by Crippen LogP contribution is 2.43. The third-order valence-electron chi connectivity index (χ3n) is 12.3. The number of carbonyl (C=O) groups is 5. The first kappa shape index (κ1) is 60.3. The molecule has 1 aromatic carbocycles. The standard InChI is InChI=1S/C52H90N5O10P/c1-5-8-10-12-14-16-17-18-19-21-23-25-27-34-49(60)65-37-30-35-53-51(61)46(56-47(58)33-26-24-22-20-15-13-11-9-6-2)41-67-68(63,64)66-38-36-54-52(62)50(42(4)7-3)57-48(59)40-44-39-43-31-28-29-32-45(43)55-44/h28-29,31-32,39,42,46,50,55H,5-27,30,33-38,40-41H2,1-4H3,(H,53,61)(H,54,62)(H,56,58)(H,57,59)(H,63,64)/t42-,46-,50-/m0/s1. The minimum atomic E-state index is -4.74. The van der Waals surface area contributed by atoms with E-state index in [1.165, 1.54) is 96.3 Å². The van der Waals surface area contributed by atoms with Gasteiger partial charge in [0.2, 0.25) is 23.6 Å². The van der Waals surface area contributed by atoms with E-state index in [1.807, 2.05) is 44.2 Å². The van der Waals surface area contributed by atoms with E-state index < -0.39 is 44.9 Å². The number of H-pyrrole nitrogens is 1. The van der Waals surface area contributed by atoms with Crippen LogP contribution in [0, 0.1) is 5.92 Å². The summed E-state index contributed by atoms with van der Waals surface area (Å²) in [6.45, 7) is 7.22. The Bertz CT molecular complexity index is 1710. The lowest BCUT2D eigenvalue weighted by Gasteiger charge is -2.24. The Kier molecular flexibility index (Phi) is 33.7. The van der Waals surface area contributed by atoms with Crippen LogP contribution < -0.4 is 21.3 Å². The Labute approximate surface area is 408 Å². The van der Waals surface area contributed by atoms with Crippen molar-refractivity contribution in [1.29, 1.82) is 0 Å². The van der Waals surface area contributed by atoms with Crippen LogP contribution in [0.2, 0.25) is 0 Å². The molecule has 0 aliphatic carbocycles. The molecule has 0 radical (unpaired) electrons. The summed E-state index contributed by atoms with van der Waals surface area (Å²) < 4.78 is 28.6. The summed E-state index contributed by atoms with van der Waals surface area (Å²) in [5.41, 5.74) is 1.62. The summed E-state index contributed by atoms with van der Waals surface area (Å²) in [7, 11) is -4.74. The molecule has 0 saturated heterocycles. The molecule has 1 heterocycles. The fourth-order valence-electron chi connectivity index (χ4n) is 7.98. The number of aromatic amines is 1. The van der Waals surface area contributed by atoms with Gasteiger partial charge in [-0.25, -0.2) is 4.57 Å². The molecular formula is C52H90N5O10P. The number of amides is 4. The monoisotopic (exact) mass is 976 g/mol. The number of aromatic nitrogens is 1. The van der Waals surface area contributed by atoms with Crippen molar-refractivity contribution in [2.75, 3.05) is 32.9 Å². The van der Waals surface area contributed by atoms with Gasteiger partial charge in [0.15, 0.2) is 0 Å². The minimum Gasteiger partial charge on any atom is -0.466 e. The zero-order chi connectivity index (χ0) is 49.7. The van der Waals surface area contributed by atoms with E-state index in [1.54, 1.807) is 0 Å². The maximum atomic E-state index is 13.3. The van der Waals surface area contributed by atoms with Crippen molar-refractivity contribution in [3.63, 3.8) is 0 Å². The molecule has 0 spiro atoms. The lowest BCUT2D eigenvalue weighted by Crippen LogP contribution is -2.51. The molecule has 0 fully saturated rings. The van der Waals surface area contributed by atoms with Crippen molar-refractivity contribution < 1.29 is 47.2 Å². The predicted molar refractivity (Wildman–Crippen MR) is 271 cm³/mol. The Morgan fingerprint density at radius 1 is 0.632 bits per heavy atom. The number of unbranched alkanes of at least 4 members (excludes halogenated alkanes) is 20. The van der Waals surface area contributed by atoms with E-state index in [-0.39, 0.29) is 56.2 Å². The second kappa shape index (κ2) is 38.0. The van der Waals surface area contributed by atoms with Gasteiger partial charge in [-0.3, -0.25) is 33.0 Å². The van der Waals surface area contributed by atoms with E-state index in [2.05, 4.69) is 40.1 Å². The summed E-state index contributed by atoms with van der Waals surface area (Å²) >= 11 is 0. The van der Waals surface area contributed by atoms with Crippen LogP contribution in [-0.2, 0) is 48.7 Å². The van der Waals surface area contributed by atoms with Crippen molar-refractivity contribution in [3.8, 4) is 0 Å². The van der Waals surface area contributed by atoms with E-state index in [9.17, 15) is 33.4 Å². The van der Waals surface area contributed by atoms with Gasteiger partial charge >= 0.3 is 13.8 Å². The molecule has 1 aromatic heterocycles. The van der Waals surface area contributed by atoms with Crippen LogP contribution in [0.3, 0.4) is 0 Å². The molecule has 6 N–H and O–H groups in total. The SMILES string of the molecule is CCCCCCCCCCCCCCCC(=O)OCCCNC(=O)[C@H](COP(=O)(O)OCCNC(=O)[C@@H](NC(=O)Cc1cc2ccccc2[nH]1)[C@@H](C)CC)NC(=O)CCCCCCCCCCC. The fraction of sp³-hybridized carbons (Fsp3) is 0.750. The number of hydrogen-bond acceptors (Lipinski definition) is 9. The number of nitrogens with one attached hydrogen (secondary N) is 5. The first-order valence-corrected chi connectivity index (χ1v) is 27.9. The van der Waals surface area contributed by atoms with Gasteiger partial charge in [0.05, 0.1) is 26.2 Å². The molecule has 2 rings (SSSR count). The van der Waals surface area contributed by atoms with Crippen LogP contribution in [-0.4, -0.2) is 84.5 Å². The van der Waals surface area contributed by atoms with Crippen molar-refractivity contribution in [1.82, 2.24) is 26.3 Å². The summed E-state index contributed by atoms with van der Waals surface area (Å²) in [5, 5.41) is 11.8. The topological polar surface area (TPSA) is 214 Å². The number of esters is 1. The number of ether oxygens (including phenoxy) is 1. The highest BCUT2D eigenvalue weighted by molar-refractivity contribution is 7.47. The third kappa shape index (κ3) is 29.3. The largest absolute Gasteiger partial charge is 0.472 e. The Balaban J connectivity index is 1.77. The van der Waals surface area contributed by atoms with Crippen LogP contribution >= 0.6 is 7.82 Å². The maximum Gasteiger partial charge on any atom is 0.472 e. The van der Waals surface area contributed by atoms with Crippen molar-refractivity contribution in [2.45, 2.75) is 213 Å². The summed E-state index contributed by atoms with van der Waals surface area (Å²) in [6.07, 6.45) is 27.2. The molecule has 388 valence electrons. The highest BCUT2D eigenvalue weighted by Gasteiger charge is 2.29. The molecule has 68 heavy (non-hydrogen) atoms. The summed E-state index contributed by atoms with van der Waals surface area (Å²) in [6, 6.07) is 7.42. The molecule has 0 bridgehead atoms. The quantitative estimate of drug-likeness (QED) is 0.0210. The van der Waals surface area contributed by atoms with Gasteiger partial charge in [-0.2, -0.15) is 0 Å². The van der Waals surface area contributed by atoms with Crippen LogP contribution in [0.5, 0.6) is 0 Å². The first-order chi connectivity index (χ1) is 32.9. The summed E-state index contributed by atoms with van der Waals surface area (Å²) in [5.74, 6) is -2.30. The molecule has 16 heteroatoms. The molecule has 2 aromatic rings. The number of phosphoric ester groups is 1. The zero-order valence-corrected chi connectivity index (χ0v) is 43.2. The number of para-hydroxylation sites is 1. The summed E-state index contributed by atoms with van der Waals surface area (Å²) in [4.78, 5) is 78.4. The molecular weight excluding hydrogens is 886 g/mol. The molecule has 0 aliphatic heterocycles. The molecule has 0 saturated carbocycles. The molecule has 15 nitrogen and oxygen atoms in total. The van der Waals surface area contributed by atoms with E-state index >= 15 is 0 Å². The lowest BCUT2D eigenvalue weighted by molar-refractivity contribution is -0.143. The molecule has 4 atom stereocenters. The van der Waals surface area contributed by atoms with Gasteiger partial charge in [0.1, 0.15) is 12.1 Å². The van der Waals surface area contributed by atoms with E-state index in [4.69, 9.17) is 13.8 Å². The van der Waals surface area contributed by atoms with E-state index in [0.717, 1.165) is 49.4 Å². The average molecular weight is 976 g/mol. The number of benzene rings is 1. The molecule has 0 aliphatic rings. The number of hydrogen-bond donors (Lipinski definition) is 6. The van der Waals surface area contributed by atoms with Crippen LogP contribution in [0.25, 0.3) is 10.9 Å². The number of carbonyl (C=O) groups excluding carboxylic acids is 5. The van der Waals surface area contributed by atoms with Gasteiger partial charge < -0.3 is 35.9 Å². The molecule has 4 amide bonds. The van der Waals surface area contributed by atoms with Gasteiger partial charge in [0.25, 0.3) is 0 Å². The number of phosphoric acid groups is 1. The zero-order valence-electron chi connectivity index (χ0n) is 42.3. The Morgan fingerprint density at radius 2 is 1.18 bits per heavy atom. The number of rotatable bonds is 43. The smallest absolute Gasteiger partial charge is 0.466 e. The highest BCUT2D eigenvalue weighted by atomic mass is 31.2. The fourth-order valence-corrected chi connectivity index (χ4v) is 8.71. The van der Waals surface area contributed by atoms with Crippen molar-refractivity contribution >= 4 is 48.3 Å². The molecule has 1 unspecified atom stereocenters. The third-order valence-corrected chi connectivity index (χ3v) is 13.3. The van der Waals surface area contributed by atoms with Crippen LogP contribution in [0.4, 0.5) is 0 Å². The average Bonchev–Trinajstić information content (AvgIpc) is 3.73. The second-order valence-corrected chi connectivity index (χ2v) is 19.9. The maximum absolute atomic E-state index is 13.3.